The van der Waals surface area contributed by atoms with E-state index in [1.807, 2.05) is 6.92 Å². The molecule has 0 aromatic carbocycles. The molecule has 9 heavy (non-hydrogen) atoms. The van der Waals surface area contributed by atoms with E-state index < -0.39 is 0 Å². The molecule has 2 heteroatoms. The molecule has 0 amide bonds. The van der Waals surface area contributed by atoms with Gasteiger partial charge in [0.05, 0.1) is 0 Å². The predicted octanol–water partition coefficient (Wildman–Crippen LogP) is 1.63. The van der Waals surface area contributed by atoms with Gasteiger partial charge in [0.2, 0.25) is 0 Å². The van der Waals surface area contributed by atoms with Crippen LogP contribution in [0.4, 0.5) is 0 Å². The molecule has 0 aromatic rings. The zero-order chi connectivity index (χ0) is 7.28. The monoisotopic (exact) mass is 128 g/mol. The zero-order valence-electron chi connectivity index (χ0n) is 6.68. The van der Waals surface area contributed by atoms with Crippen molar-refractivity contribution in [1.82, 2.24) is 5.43 Å². The lowest BCUT2D eigenvalue weighted by Gasteiger charge is -2.13. The lowest BCUT2D eigenvalue weighted by atomic mass is 10.1. The van der Waals surface area contributed by atoms with Gasteiger partial charge in [-0.3, -0.25) is 0 Å². The third-order valence-electron chi connectivity index (χ3n) is 1.41. The molecule has 0 aliphatic heterocycles. The summed E-state index contributed by atoms with van der Waals surface area (Å²) in [6.07, 6.45) is 1.76. The Balaban J connectivity index is 3.38. The lowest BCUT2D eigenvalue weighted by Crippen LogP contribution is -2.25. The molecule has 0 bridgehead atoms. The SMILES string of the molecule is C/C=N\NC(C)C(C)C. The largest absolute Gasteiger partial charge is 0.307 e. The average Bonchev–Trinajstić information content (AvgIpc) is 1.82. The van der Waals surface area contributed by atoms with Crippen LogP contribution in [0.1, 0.15) is 27.7 Å². The van der Waals surface area contributed by atoms with Crippen molar-refractivity contribution in [3.8, 4) is 0 Å². The van der Waals surface area contributed by atoms with Crippen LogP contribution in [0.5, 0.6) is 0 Å². The van der Waals surface area contributed by atoms with E-state index in [1.54, 1.807) is 6.21 Å². The average molecular weight is 128 g/mol. The van der Waals surface area contributed by atoms with E-state index in [-0.39, 0.29) is 0 Å². The summed E-state index contributed by atoms with van der Waals surface area (Å²) < 4.78 is 0. The summed E-state index contributed by atoms with van der Waals surface area (Å²) in [7, 11) is 0. The van der Waals surface area contributed by atoms with Gasteiger partial charge in [0.1, 0.15) is 0 Å². The molecule has 0 rings (SSSR count). The Morgan fingerprint density at radius 3 is 2.22 bits per heavy atom. The molecule has 1 N–H and O–H groups in total. The van der Waals surface area contributed by atoms with Crippen molar-refractivity contribution in [2.24, 2.45) is 11.0 Å². The summed E-state index contributed by atoms with van der Waals surface area (Å²) in [5.41, 5.74) is 3.00. The highest BCUT2D eigenvalue weighted by molar-refractivity contribution is 5.52. The Morgan fingerprint density at radius 2 is 1.89 bits per heavy atom. The number of hydrogen-bond donors (Lipinski definition) is 1. The van der Waals surface area contributed by atoms with Crippen molar-refractivity contribution in [2.75, 3.05) is 0 Å². The second-order valence-electron chi connectivity index (χ2n) is 2.55. The molecule has 0 spiro atoms. The summed E-state index contributed by atoms with van der Waals surface area (Å²) in [5, 5.41) is 3.92. The molecule has 0 aromatic heterocycles. The van der Waals surface area contributed by atoms with Gasteiger partial charge >= 0.3 is 0 Å². The fourth-order valence-electron chi connectivity index (χ4n) is 0.341. The first kappa shape index (κ1) is 8.47. The van der Waals surface area contributed by atoms with Gasteiger partial charge in [-0.05, 0) is 19.8 Å². The van der Waals surface area contributed by atoms with Gasteiger partial charge < -0.3 is 5.43 Å². The maximum atomic E-state index is 3.92. The summed E-state index contributed by atoms with van der Waals surface area (Å²) in [5.74, 6) is 0.647. The molecule has 0 heterocycles. The summed E-state index contributed by atoms with van der Waals surface area (Å²) in [6, 6.07) is 0.473. The highest BCUT2D eigenvalue weighted by Gasteiger charge is 2.02. The smallest absolute Gasteiger partial charge is 0.0434 e. The van der Waals surface area contributed by atoms with Gasteiger partial charge in [0, 0.05) is 12.3 Å². The van der Waals surface area contributed by atoms with Crippen LogP contribution >= 0.6 is 0 Å². The van der Waals surface area contributed by atoms with Crippen molar-refractivity contribution < 1.29 is 0 Å². The summed E-state index contributed by atoms with van der Waals surface area (Å²) >= 11 is 0. The highest BCUT2D eigenvalue weighted by atomic mass is 15.3. The quantitative estimate of drug-likeness (QED) is 0.453. The minimum absolute atomic E-state index is 0.473. The van der Waals surface area contributed by atoms with Gasteiger partial charge in [0.15, 0.2) is 0 Å². The second kappa shape index (κ2) is 4.36. The predicted molar refractivity (Wildman–Crippen MR) is 41.6 cm³/mol. The van der Waals surface area contributed by atoms with Crippen LogP contribution in [0.15, 0.2) is 5.10 Å². The maximum Gasteiger partial charge on any atom is 0.0434 e. The number of nitrogens with one attached hydrogen (secondary N) is 1. The first-order chi connectivity index (χ1) is 4.18. The van der Waals surface area contributed by atoms with Gasteiger partial charge in [-0.25, -0.2) is 0 Å². The molecule has 54 valence electrons. The number of hydrogen-bond acceptors (Lipinski definition) is 2. The van der Waals surface area contributed by atoms with Crippen LogP contribution in [-0.2, 0) is 0 Å². The van der Waals surface area contributed by atoms with E-state index in [1.165, 1.54) is 0 Å². The molecule has 2 nitrogen and oxygen atoms in total. The fraction of sp³-hybridized carbons (Fsp3) is 0.857. The van der Waals surface area contributed by atoms with E-state index in [0.29, 0.717) is 12.0 Å². The molecule has 0 saturated carbocycles. The first-order valence-electron chi connectivity index (χ1n) is 3.41. The normalized spacial score (nSPS) is 14.8. The van der Waals surface area contributed by atoms with Crippen molar-refractivity contribution >= 4 is 6.21 Å². The van der Waals surface area contributed by atoms with E-state index in [0.717, 1.165) is 0 Å². The Labute approximate surface area is 57.3 Å². The van der Waals surface area contributed by atoms with Crippen LogP contribution < -0.4 is 5.43 Å². The van der Waals surface area contributed by atoms with Crippen molar-refractivity contribution in [3.63, 3.8) is 0 Å². The van der Waals surface area contributed by atoms with E-state index in [9.17, 15) is 0 Å². The molecule has 0 saturated heterocycles. The number of nitrogens with zero attached hydrogens (tertiary/aromatic N) is 1. The highest BCUT2D eigenvalue weighted by Crippen LogP contribution is 1.98. The minimum atomic E-state index is 0.473. The first-order valence-corrected chi connectivity index (χ1v) is 3.41. The van der Waals surface area contributed by atoms with E-state index in [2.05, 4.69) is 31.3 Å². The topological polar surface area (TPSA) is 24.4 Å². The molecule has 0 aliphatic rings. The second-order valence-corrected chi connectivity index (χ2v) is 2.55. The van der Waals surface area contributed by atoms with Crippen molar-refractivity contribution in [3.05, 3.63) is 0 Å². The molecule has 1 unspecified atom stereocenters. The van der Waals surface area contributed by atoms with Crippen molar-refractivity contribution in [2.45, 2.75) is 33.7 Å². The van der Waals surface area contributed by atoms with Gasteiger partial charge in [0.25, 0.3) is 0 Å². The Kier molecular flexibility index (Phi) is 4.10. The maximum absolute atomic E-state index is 3.92. The summed E-state index contributed by atoms with van der Waals surface area (Å²) in [4.78, 5) is 0. The van der Waals surface area contributed by atoms with Gasteiger partial charge in [-0.2, -0.15) is 5.10 Å². The van der Waals surface area contributed by atoms with Gasteiger partial charge in [-0.15, -0.1) is 0 Å². The Morgan fingerprint density at radius 1 is 1.33 bits per heavy atom. The number of hydrazone groups is 1. The van der Waals surface area contributed by atoms with E-state index in [4.69, 9.17) is 0 Å². The van der Waals surface area contributed by atoms with Gasteiger partial charge in [-0.1, -0.05) is 13.8 Å². The number of rotatable bonds is 3. The van der Waals surface area contributed by atoms with Crippen LogP contribution in [0, 0.1) is 5.92 Å². The molecular formula is C7H16N2. The van der Waals surface area contributed by atoms with Crippen LogP contribution in [-0.4, -0.2) is 12.3 Å². The van der Waals surface area contributed by atoms with Crippen LogP contribution in [0.3, 0.4) is 0 Å². The third-order valence-corrected chi connectivity index (χ3v) is 1.41. The Hall–Kier alpha value is -0.530. The standard InChI is InChI=1S/C7H16N2/c1-5-8-9-7(4)6(2)3/h5-7,9H,1-4H3/b8-5-. The third kappa shape index (κ3) is 4.01. The lowest BCUT2D eigenvalue weighted by molar-refractivity contribution is 0.439. The van der Waals surface area contributed by atoms with E-state index >= 15 is 0 Å². The molecular weight excluding hydrogens is 112 g/mol. The molecule has 0 fully saturated rings. The molecule has 0 aliphatic carbocycles. The summed E-state index contributed by atoms with van der Waals surface area (Å²) in [6.45, 7) is 8.36. The Bertz CT molecular complexity index is 86.9. The molecule has 0 radical (unpaired) electrons. The van der Waals surface area contributed by atoms with Crippen LogP contribution in [0.2, 0.25) is 0 Å². The zero-order valence-corrected chi connectivity index (χ0v) is 6.68. The molecule has 1 atom stereocenters. The fourth-order valence-corrected chi connectivity index (χ4v) is 0.341. The van der Waals surface area contributed by atoms with Crippen molar-refractivity contribution in [1.29, 1.82) is 0 Å². The van der Waals surface area contributed by atoms with Crippen LogP contribution in [0.25, 0.3) is 0 Å². The minimum Gasteiger partial charge on any atom is -0.307 e.